The number of nitrogens with zero attached hydrogens (tertiary/aromatic N) is 4. The molecular formula is C25H20FN5O. The molecule has 3 aromatic carbocycles. The lowest BCUT2D eigenvalue weighted by molar-refractivity contribution is 0.415. The molecule has 5 aromatic rings. The number of nitrogens with one attached hydrogen (secondary N) is 1. The molecule has 6 nitrogen and oxygen atoms in total. The summed E-state index contributed by atoms with van der Waals surface area (Å²) in [5, 5.41) is 3.31. The largest absolute Gasteiger partial charge is 0.496 e. The lowest BCUT2D eigenvalue weighted by atomic mass is 10.1. The second-order valence-corrected chi connectivity index (χ2v) is 7.32. The normalized spacial score (nSPS) is 10.9. The first kappa shape index (κ1) is 19.7. The number of imidazole rings is 1. The van der Waals surface area contributed by atoms with Crippen LogP contribution in [-0.4, -0.2) is 26.6 Å². The molecular weight excluding hydrogens is 405 g/mol. The first-order valence-corrected chi connectivity index (χ1v) is 10.1. The predicted molar refractivity (Wildman–Crippen MR) is 123 cm³/mol. The Morgan fingerprint density at radius 3 is 2.75 bits per heavy atom. The van der Waals surface area contributed by atoms with Gasteiger partial charge in [0.1, 0.15) is 23.7 Å². The molecule has 0 saturated heterocycles. The highest BCUT2D eigenvalue weighted by Gasteiger charge is 2.10. The number of anilines is 2. The standard InChI is InChI=1S/C25H20FN5O/c1-32-24-10-9-18(26)12-20(24)22-13-25(28-15-27-22)30-19-6-4-5-17(11-19)14-31-16-29-21-7-2-3-8-23(21)31/h2-13,15-16H,14H2,1H3,(H,27,28,30). The molecule has 0 aliphatic heterocycles. The second-order valence-electron chi connectivity index (χ2n) is 7.32. The van der Waals surface area contributed by atoms with Crippen molar-refractivity contribution in [1.82, 2.24) is 19.5 Å². The Bertz CT molecular complexity index is 1400. The van der Waals surface area contributed by atoms with Gasteiger partial charge in [-0.3, -0.25) is 0 Å². The summed E-state index contributed by atoms with van der Waals surface area (Å²) >= 11 is 0. The Kier molecular flexibility index (Phi) is 5.21. The summed E-state index contributed by atoms with van der Waals surface area (Å²) in [6.45, 7) is 0.700. The second kappa shape index (κ2) is 8.47. The van der Waals surface area contributed by atoms with Crippen LogP contribution in [0.25, 0.3) is 22.3 Å². The van der Waals surface area contributed by atoms with Gasteiger partial charge in [0.25, 0.3) is 0 Å². The fourth-order valence-electron chi connectivity index (χ4n) is 3.68. The van der Waals surface area contributed by atoms with E-state index < -0.39 is 0 Å². The van der Waals surface area contributed by atoms with Gasteiger partial charge in [-0.2, -0.15) is 0 Å². The van der Waals surface area contributed by atoms with Crippen molar-refractivity contribution >= 4 is 22.5 Å². The number of para-hydroxylation sites is 2. The Labute approximate surface area is 184 Å². The van der Waals surface area contributed by atoms with Crippen LogP contribution in [0, 0.1) is 5.82 Å². The van der Waals surface area contributed by atoms with Crippen LogP contribution in [0.3, 0.4) is 0 Å². The van der Waals surface area contributed by atoms with Crippen molar-refractivity contribution in [2.75, 3.05) is 12.4 Å². The van der Waals surface area contributed by atoms with Gasteiger partial charge >= 0.3 is 0 Å². The van der Waals surface area contributed by atoms with Gasteiger partial charge in [-0.25, -0.2) is 19.3 Å². The molecule has 0 radical (unpaired) electrons. The Morgan fingerprint density at radius 2 is 1.84 bits per heavy atom. The van der Waals surface area contributed by atoms with Crippen molar-refractivity contribution in [3.05, 3.63) is 96.8 Å². The number of hydrogen-bond donors (Lipinski definition) is 1. The quantitative estimate of drug-likeness (QED) is 0.393. The SMILES string of the molecule is COc1ccc(F)cc1-c1cc(Nc2cccc(Cn3cnc4ccccc43)c2)ncn1. The maximum atomic E-state index is 13.8. The number of halogens is 1. The summed E-state index contributed by atoms with van der Waals surface area (Å²) in [7, 11) is 1.55. The van der Waals surface area contributed by atoms with Crippen LogP contribution >= 0.6 is 0 Å². The van der Waals surface area contributed by atoms with Crippen molar-refractivity contribution < 1.29 is 9.13 Å². The average molecular weight is 425 g/mol. The molecule has 158 valence electrons. The zero-order chi connectivity index (χ0) is 21.9. The maximum Gasteiger partial charge on any atom is 0.134 e. The molecule has 0 bridgehead atoms. The summed E-state index contributed by atoms with van der Waals surface area (Å²) in [5.74, 6) is 0.797. The van der Waals surface area contributed by atoms with Gasteiger partial charge in [0.2, 0.25) is 0 Å². The van der Waals surface area contributed by atoms with Crippen molar-refractivity contribution in [2.45, 2.75) is 6.54 Å². The van der Waals surface area contributed by atoms with Crippen molar-refractivity contribution in [1.29, 1.82) is 0 Å². The lowest BCUT2D eigenvalue weighted by Gasteiger charge is -2.11. The molecule has 32 heavy (non-hydrogen) atoms. The molecule has 7 heteroatoms. The third-order valence-corrected chi connectivity index (χ3v) is 5.18. The van der Waals surface area contributed by atoms with E-state index in [1.165, 1.54) is 18.5 Å². The fraction of sp³-hybridized carbons (Fsp3) is 0.0800. The Balaban J connectivity index is 1.40. The summed E-state index contributed by atoms with van der Waals surface area (Å²) < 4.78 is 21.3. The predicted octanol–water partition coefficient (Wildman–Crippen LogP) is 5.43. The molecule has 0 unspecified atom stereocenters. The van der Waals surface area contributed by atoms with E-state index in [0.29, 0.717) is 29.4 Å². The van der Waals surface area contributed by atoms with Crippen molar-refractivity contribution in [3.63, 3.8) is 0 Å². The van der Waals surface area contributed by atoms with E-state index >= 15 is 0 Å². The molecule has 1 N–H and O–H groups in total. The number of aromatic nitrogens is 4. The third kappa shape index (κ3) is 4.00. The van der Waals surface area contributed by atoms with Crippen LogP contribution < -0.4 is 10.1 Å². The first-order chi connectivity index (χ1) is 15.7. The van der Waals surface area contributed by atoms with E-state index in [2.05, 4.69) is 43.0 Å². The number of rotatable bonds is 6. The monoisotopic (exact) mass is 425 g/mol. The molecule has 2 heterocycles. The zero-order valence-corrected chi connectivity index (χ0v) is 17.4. The highest BCUT2D eigenvalue weighted by atomic mass is 19.1. The number of fused-ring (bicyclic) bond motifs is 1. The van der Waals surface area contributed by atoms with Gasteiger partial charge in [0, 0.05) is 23.9 Å². The van der Waals surface area contributed by atoms with E-state index in [0.717, 1.165) is 22.3 Å². The minimum Gasteiger partial charge on any atom is -0.496 e. The van der Waals surface area contributed by atoms with Gasteiger partial charge in [-0.1, -0.05) is 24.3 Å². The maximum absolute atomic E-state index is 13.8. The molecule has 0 aliphatic rings. The highest BCUT2D eigenvalue weighted by Crippen LogP contribution is 2.30. The number of ether oxygens (including phenoxy) is 1. The van der Waals surface area contributed by atoms with Crippen molar-refractivity contribution in [3.8, 4) is 17.0 Å². The zero-order valence-electron chi connectivity index (χ0n) is 17.4. The van der Waals surface area contributed by atoms with Crippen LogP contribution in [0.15, 0.2) is 85.5 Å². The molecule has 0 aliphatic carbocycles. The Morgan fingerprint density at radius 1 is 0.938 bits per heavy atom. The smallest absolute Gasteiger partial charge is 0.134 e. The average Bonchev–Trinajstić information content (AvgIpc) is 3.22. The molecule has 0 spiro atoms. The molecule has 0 saturated carbocycles. The van der Waals surface area contributed by atoms with E-state index in [1.54, 1.807) is 19.2 Å². The van der Waals surface area contributed by atoms with Gasteiger partial charge in [0.05, 0.1) is 30.2 Å². The third-order valence-electron chi connectivity index (χ3n) is 5.18. The number of hydrogen-bond acceptors (Lipinski definition) is 5. The van der Waals surface area contributed by atoms with Crippen LogP contribution in [-0.2, 0) is 6.54 Å². The van der Waals surface area contributed by atoms with Crippen LogP contribution in [0.5, 0.6) is 5.75 Å². The van der Waals surface area contributed by atoms with Gasteiger partial charge in [-0.15, -0.1) is 0 Å². The number of methoxy groups -OCH3 is 1. The Hall–Kier alpha value is -4.26. The fourth-order valence-corrected chi connectivity index (χ4v) is 3.68. The summed E-state index contributed by atoms with van der Waals surface area (Å²) in [5.41, 5.74) is 5.22. The summed E-state index contributed by atoms with van der Waals surface area (Å²) in [6.07, 6.45) is 3.30. The van der Waals surface area contributed by atoms with Crippen LogP contribution in [0.2, 0.25) is 0 Å². The first-order valence-electron chi connectivity index (χ1n) is 10.1. The molecule has 2 aromatic heterocycles. The topological polar surface area (TPSA) is 64.9 Å². The highest BCUT2D eigenvalue weighted by molar-refractivity contribution is 5.75. The van der Waals surface area contributed by atoms with E-state index in [4.69, 9.17) is 4.74 Å². The van der Waals surface area contributed by atoms with Gasteiger partial charge in [0.15, 0.2) is 0 Å². The summed E-state index contributed by atoms with van der Waals surface area (Å²) in [4.78, 5) is 13.1. The van der Waals surface area contributed by atoms with Gasteiger partial charge in [-0.05, 0) is 48.0 Å². The molecule has 5 rings (SSSR count). The molecule has 0 atom stereocenters. The summed E-state index contributed by atoms with van der Waals surface area (Å²) in [6, 6.07) is 22.3. The van der Waals surface area contributed by atoms with E-state index in [9.17, 15) is 4.39 Å². The van der Waals surface area contributed by atoms with Crippen LogP contribution in [0.1, 0.15) is 5.56 Å². The minimum atomic E-state index is -0.353. The van der Waals surface area contributed by atoms with E-state index in [1.807, 2.05) is 36.7 Å². The van der Waals surface area contributed by atoms with Crippen LogP contribution in [0.4, 0.5) is 15.9 Å². The number of benzene rings is 3. The minimum absolute atomic E-state index is 0.353. The molecule has 0 fully saturated rings. The lowest BCUT2D eigenvalue weighted by Crippen LogP contribution is -2.00. The van der Waals surface area contributed by atoms with Crippen molar-refractivity contribution in [2.24, 2.45) is 0 Å². The van der Waals surface area contributed by atoms with E-state index in [-0.39, 0.29) is 5.82 Å². The molecule has 0 amide bonds. The van der Waals surface area contributed by atoms with Gasteiger partial charge < -0.3 is 14.6 Å².